The summed E-state index contributed by atoms with van der Waals surface area (Å²) in [6.07, 6.45) is 0.739. The van der Waals surface area contributed by atoms with Crippen molar-refractivity contribution in [1.82, 2.24) is 4.90 Å². The first-order chi connectivity index (χ1) is 9.40. The van der Waals surface area contributed by atoms with E-state index in [4.69, 9.17) is 0 Å². The quantitative estimate of drug-likeness (QED) is 0.921. The van der Waals surface area contributed by atoms with Crippen molar-refractivity contribution >= 4 is 27.8 Å². The van der Waals surface area contributed by atoms with E-state index in [1.807, 2.05) is 32.0 Å². The summed E-state index contributed by atoms with van der Waals surface area (Å²) < 4.78 is 0.914. The molecule has 1 atom stereocenters. The van der Waals surface area contributed by atoms with Crippen LogP contribution in [0, 0.1) is 5.92 Å². The Morgan fingerprint density at radius 3 is 2.75 bits per heavy atom. The van der Waals surface area contributed by atoms with E-state index in [1.165, 1.54) is 4.90 Å². The molecule has 1 heterocycles. The van der Waals surface area contributed by atoms with Crippen molar-refractivity contribution in [1.29, 1.82) is 0 Å². The van der Waals surface area contributed by atoms with Crippen LogP contribution < -0.4 is 0 Å². The van der Waals surface area contributed by atoms with Gasteiger partial charge in [0.05, 0.1) is 0 Å². The Balaban J connectivity index is 2.32. The number of amides is 1. The van der Waals surface area contributed by atoms with E-state index in [2.05, 4.69) is 15.9 Å². The normalized spacial score (nSPS) is 18.0. The topological polar surface area (TPSA) is 57.6 Å². The van der Waals surface area contributed by atoms with E-state index in [-0.39, 0.29) is 11.8 Å². The van der Waals surface area contributed by atoms with Gasteiger partial charge in [-0.15, -0.1) is 0 Å². The molecule has 1 amide bonds. The number of benzene rings is 1. The van der Waals surface area contributed by atoms with Gasteiger partial charge in [-0.25, -0.2) is 4.79 Å². The van der Waals surface area contributed by atoms with Crippen LogP contribution in [0.5, 0.6) is 0 Å². The van der Waals surface area contributed by atoms with Crippen LogP contribution in [0.2, 0.25) is 0 Å². The minimum absolute atomic E-state index is 0.0852. The lowest BCUT2D eigenvalue weighted by Crippen LogP contribution is -2.49. The second-order valence-electron chi connectivity index (χ2n) is 5.56. The number of carbonyl (C=O) groups excluding carboxylic acids is 1. The van der Waals surface area contributed by atoms with Crippen molar-refractivity contribution < 1.29 is 14.7 Å². The monoisotopic (exact) mass is 339 g/mol. The Labute approximate surface area is 126 Å². The lowest BCUT2D eigenvalue weighted by Gasteiger charge is -2.35. The molecule has 0 aliphatic carbocycles. The second kappa shape index (κ2) is 5.95. The molecule has 0 fully saturated rings. The van der Waals surface area contributed by atoms with Crippen molar-refractivity contribution in [2.75, 3.05) is 0 Å². The lowest BCUT2D eigenvalue weighted by atomic mass is 9.93. The summed E-state index contributed by atoms with van der Waals surface area (Å²) in [5.41, 5.74) is 2.02. The zero-order valence-electron chi connectivity index (χ0n) is 11.6. The molecule has 1 aromatic carbocycles. The van der Waals surface area contributed by atoms with E-state index >= 15 is 0 Å². The molecule has 0 saturated heterocycles. The van der Waals surface area contributed by atoms with Crippen LogP contribution in [0.15, 0.2) is 22.7 Å². The summed E-state index contributed by atoms with van der Waals surface area (Å²) in [4.78, 5) is 25.2. The van der Waals surface area contributed by atoms with Crippen LogP contribution >= 0.6 is 15.9 Å². The van der Waals surface area contributed by atoms with Crippen molar-refractivity contribution in [3.05, 3.63) is 33.8 Å². The summed E-state index contributed by atoms with van der Waals surface area (Å²) in [6.45, 7) is 4.29. The van der Waals surface area contributed by atoms with Crippen LogP contribution in [0.25, 0.3) is 0 Å². The maximum Gasteiger partial charge on any atom is 0.326 e. The molecule has 1 unspecified atom stereocenters. The summed E-state index contributed by atoms with van der Waals surface area (Å²) >= 11 is 3.46. The van der Waals surface area contributed by atoms with Gasteiger partial charge >= 0.3 is 5.97 Å². The minimum atomic E-state index is -0.941. The number of nitrogens with zero attached hydrogens (tertiary/aromatic N) is 1. The first-order valence-corrected chi connectivity index (χ1v) is 7.48. The summed E-state index contributed by atoms with van der Waals surface area (Å²) in [6, 6.07) is 5.00. The van der Waals surface area contributed by atoms with Gasteiger partial charge in [0.2, 0.25) is 5.91 Å². The standard InChI is InChI=1S/C15H18BrNO3/c1-9(2)6-14(18)17-8-10-4-3-5-12(16)11(10)7-13(17)15(19)20/h3-5,9,13H,6-8H2,1-2H3,(H,19,20). The maximum atomic E-state index is 12.3. The van der Waals surface area contributed by atoms with Crippen molar-refractivity contribution in [3.8, 4) is 0 Å². The van der Waals surface area contributed by atoms with E-state index in [9.17, 15) is 14.7 Å². The van der Waals surface area contributed by atoms with Gasteiger partial charge in [0.15, 0.2) is 0 Å². The van der Waals surface area contributed by atoms with E-state index in [0.29, 0.717) is 19.4 Å². The maximum absolute atomic E-state index is 12.3. The predicted octanol–water partition coefficient (Wildman–Crippen LogP) is 2.83. The van der Waals surface area contributed by atoms with Gasteiger partial charge in [0, 0.05) is 23.9 Å². The molecule has 1 aliphatic rings. The van der Waals surface area contributed by atoms with Crippen LogP contribution in [-0.2, 0) is 22.6 Å². The molecule has 108 valence electrons. The van der Waals surface area contributed by atoms with Gasteiger partial charge in [-0.05, 0) is 23.1 Å². The van der Waals surface area contributed by atoms with Gasteiger partial charge in [0.25, 0.3) is 0 Å². The fourth-order valence-electron chi connectivity index (χ4n) is 2.53. The summed E-state index contributed by atoms with van der Waals surface area (Å²) in [5, 5.41) is 9.40. The fraction of sp³-hybridized carbons (Fsp3) is 0.467. The smallest absolute Gasteiger partial charge is 0.326 e. The molecule has 0 spiro atoms. The highest BCUT2D eigenvalue weighted by Gasteiger charge is 2.35. The highest BCUT2D eigenvalue weighted by Crippen LogP contribution is 2.30. The van der Waals surface area contributed by atoms with Gasteiger partial charge in [0.1, 0.15) is 6.04 Å². The number of hydrogen-bond donors (Lipinski definition) is 1. The Morgan fingerprint density at radius 1 is 1.45 bits per heavy atom. The zero-order valence-corrected chi connectivity index (χ0v) is 13.2. The molecule has 5 heteroatoms. The van der Waals surface area contributed by atoms with E-state index in [0.717, 1.165) is 15.6 Å². The Hall–Kier alpha value is -1.36. The first-order valence-electron chi connectivity index (χ1n) is 6.68. The molecule has 0 radical (unpaired) electrons. The third kappa shape index (κ3) is 3.03. The third-order valence-electron chi connectivity index (χ3n) is 3.52. The molecule has 20 heavy (non-hydrogen) atoms. The number of aliphatic carboxylic acids is 1. The van der Waals surface area contributed by atoms with Crippen molar-refractivity contribution in [2.45, 2.75) is 39.3 Å². The van der Waals surface area contributed by atoms with Crippen LogP contribution in [-0.4, -0.2) is 27.9 Å². The highest BCUT2D eigenvalue weighted by atomic mass is 79.9. The third-order valence-corrected chi connectivity index (χ3v) is 4.26. The molecule has 1 N–H and O–H groups in total. The number of halogens is 1. The number of carboxylic acid groups (broad SMARTS) is 1. The predicted molar refractivity (Wildman–Crippen MR) is 79.3 cm³/mol. The molecule has 0 aromatic heterocycles. The molecule has 1 aromatic rings. The molecular formula is C15H18BrNO3. The molecular weight excluding hydrogens is 322 g/mol. The first kappa shape index (κ1) is 15.0. The number of carboxylic acids is 1. The Bertz CT molecular complexity index is 542. The average molecular weight is 340 g/mol. The van der Waals surface area contributed by atoms with Crippen LogP contribution in [0.3, 0.4) is 0 Å². The molecule has 0 saturated carbocycles. The second-order valence-corrected chi connectivity index (χ2v) is 6.41. The van der Waals surface area contributed by atoms with E-state index < -0.39 is 12.0 Å². The Morgan fingerprint density at radius 2 is 2.15 bits per heavy atom. The fourth-order valence-corrected chi connectivity index (χ4v) is 3.10. The molecule has 0 bridgehead atoms. The highest BCUT2D eigenvalue weighted by molar-refractivity contribution is 9.10. The zero-order chi connectivity index (χ0) is 14.9. The molecule has 2 rings (SSSR count). The molecule has 1 aliphatic heterocycles. The lowest BCUT2D eigenvalue weighted by molar-refractivity contribution is -0.151. The number of fused-ring (bicyclic) bond motifs is 1. The summed E-state index contributed by atoms with van der Waals surface area (Å²) in [5.74, 6) is -0.803. The van der Waals surface area contributed by atoms with Crippen LogP contribution in [0.1, 0.15) is 31.4 Å². The number of rotatable bonds is 3. The summed E-state index contributed by atoms with van der Waals surface area (Å²) in [7, 11) is 0. The van der Waals surface area contributed by atoms with E-state index in [1.54, 1.807) is 0 Å². The van der Waals surface area contributed by atoms with Crippen molar-refractivity contribution in [3.63, 3.8) is 0 Å². The largest absolute Gasteiger partial charge is 0.480 e. The SMILES string of the molecule is CC(C)CC(=O)N1Cc2cccc(Br)c2CC1C(=O)O. The van der Waals surface area contributed by atoms with Crippen LogP contribution in [0.4, 0.5) is 0 Å². The van der Waals surface area contributed by atoms with Gasteiger partial charge < -0.3 is 10.0 Å². The van der Waals surface area contributed by atoms with Gasteiger partial charge in [-0.3, -0.25) is 4.79 Å². The number of carbonyl (C=O) groups is 2. The molecule has 4 nitrogen and oxygen atoms in total. The van der Waals surface area contributed by atoms with Crippen molar-refractivity contribution in [2.24, 2.45) is 5.92 Å². The van der Waals surface area contributed by atoms with Gasteiger partial charge in [-0.2, -0.15) is 0 Å². The van der Waals surface area contributed by atoms with Gasteiger partial charge in [-0.1, -0.05) is 41.9 Å². The minimum Gasteiger partial charge on any atom is -0.480 e. The number of hydrogen-bond acceptors (Lipinski definition) is 2. The Kier molecular flexibility index (Phi) is 4.48. The average Bonchev–Trinajstić information content (AvgIpc) is 2.36.